The summed E-state index contributed by atoms with van der Waals surface area (Å²) in [6.45, 7) is 6.78. The van der Waals surface area contributed by atoms with Crippen molar-refractivity contribution >= 4 is 34.8 Å². The third-order valence-electron chi connectivity index (χ3n) is 9.87. The molecule has 0 radical (unpaired) electrons. The van der Waals surface area contributed by atoms with Crippen LogP contribution in [0.3, 0.4) is 0 Å². The molecule has 0 fully saturated rings. The van der Waals surface area contributed by atoms with Crippen molar-refractivity contribution in [2.45, 2.75) is 40.5 Å². The first-order valence-corrected chi connectivity index (χ1v) is 20.8. The molecule has 0 atom stereocenters. The zero-order chi connectivity index (χ0) is 47.6. The molecule has 67 heavy (non-hydrogen) atoms. The van der Waals surface area contributed by atoms with Crippen LogP contribution in [0.5, 0.6) is 0 Å². The summed E-state index contributed by atoms with van der Waals surface area (Å²) in [5, 5.41) is 0. The van der Waals surface area contributed by atoms with Crippen molar-refractivity contribution in [2.75, 3.05) is 22.9 Å². The van der Waals surface area contributed by atoms with Gasteiger partial charge in [-0.1, -0.05) is 95.1 Å². The Morgan fingerprint density at radius 2 is 0.746 bits per heavy atom. The molecule has 11 heteroatoms. The van der Waals surface area contributed by atoms with Crippen molar-refractivity contribution in [2.24, 2.45) is 0 Å². The predicted octanol–water partition coefficient (Wildman–Crippen LogP) is 12.4. The minimum atomic E-state index is -1.03. The van der Waals surface area contributed by atoms with E-state index in [-0.39, 0.29) is 57.7 Å². The molecule has 0 heterocycles. The topological polar surface area (TPSA) is 74.8 Å². The van der Waals surface area contributed by atoms with E-state index in [2.05, 4.69) is 24.3 Å². The minimum Gasteiger partial charge on any atom is -0.352 e. The maximum Gasteiger partial charge on any atom is 4.00 e. The van der Waals surface area contributed by atoms with Crippen LogP contribution < -0.4 is 9.80 Å². The van der Waals surface area contributed by atoms with Crippen LogP contribution in [0.15, 0.2) is 158 Å². The van der Waals surface area contributed by atoms with Crippen molar-refractivity contribution in [3.05, 3.63) is 250 Å². The van der Waals surface area contributed by atoms with Gasteiger partial charge in [0, 0.05) is 45.5 Å². The van der Waals surface area contributed by atoms with Crippen LogP contribution in [0.25, 0.3) is 0 Å². The van der Waals surface area contributed by atoms with Crippen molar-refractivity contribution < 1.29 is 58.5 Å². The zero-order valence-corrected chi connectivity index (χ0v) is 38.9. The Labute approximate surface area is 404 Å². The molecule has 0 bridgehead atoms. The molecule has 6 nitrogen and oxygen atoms in total. The fraction of sp³-hybridized carbons (Fsp3) is 0.143. The zero-order valence-electron chi connectivity index (χ0n) is 37.4. The van der Waals surface area contributed by atoms with Crippen LogP contribution in [-0.2, 0) is 21.7 Å². The van der Waals surface area contributed by atoms with E-state index >= 15 is 0 Å². The van der Waals surface area contributed by atoms with Gasteiger partial charge in [-0.05, 0) is 63.3 Å². The largest absolute Gasteiger partial charge is 4.00 e. The summed E-state index contributed by atoms with van der Waals surface area (Å²) >= 11 is 0. The molecule has 6 aromatic carbocycles. The fourth-order valence-electron chi connectivity index (χ4n) is 6.15. The summed E-state index contributed by atoms with van der Waals surface area (Å²) in [5.74, 6) is -5.65. The van der Waals surface area contributed by atoms with Gasteiger partial charge in [-0.2, -0.15) is 12.2 Å². The first kappa shape index (κ1) is 52.6. The Kier molecular flexibility index (Phi) is 20.6. The molecule has 0 spiro atoms. The van der Waals surface area contributed by atoms with Gasteiger partial charge >= 0.3 is 21.7 Å². The monoisotopic (exact) mass is 934 g/mol. The van der Waals surface area contributed by atoms with Crippen LogP contribution >= 0.6 is 0 Å². The van der Waals surface area contributed by atoms with Crippen LogP contribution in [-0.4, -0.2) is 36.5 Å². The SMILES string of the molecule is Cc1ccc(C(=O)CN(C(=O)c2ccc(C)cc2)c2ccc(F)[c-]c2F)cc1.Cc1ccc(C(=O)CN(C(=O)c2ccc(C)cc2)c2ccc(F)[c-]c2F)cc1.[C-]1=CC=CC1.[C-]1=CC=CC1.[Ti+4]. The second-order valence-electron chi connectivity index (χ2n) is 15.1. The maximum atomic E-state index is 14.3. The van der Waals surface area contributed by atoms with E-state index in [1.165, 1.54) is 0 Å². The standard InChI is InChI=1S/2C23H18F2NO2.2C5H5.Ti/c2*1-15-3-7-17(8-4-15)22(27)14-26(21-12-11-19(24)13-20(21)25)23(28)18-9-5-16(2)6-10-18;2*1-2-4-5-3-1;/h2*3-12H,14H2,1-2H3;2*1-3H,4H2;/q4*-1;+4. The van der Waals surface area contributed by atoms with E-state index in [0.717, 1.165) is 69.2 Å². The molecule has 0 saturated carbocycles. The molecule has 336 valence electrons. The molecule has 8 rings (SSSR count). The smallest absolute Gasteiger partial charge is 0.352 e. The number of allylic oxidation sites excluding steroid dienone is 8. The number of carbonyl (C=O) groups is 4. The number of carbonyl (C=O) groups excluding carboxylic acids is 4. The first-order chi connectivity index (χ1) is 31.7. The van der Waals surface area contributed by atoms with Crippen LogP contribution in [0.4, 0.5) is 28.9 Å². The Hall–Kier alpha value is -7.01. The summed E-state index contributed by atoms with van der Waals surface area (Å²) in [7, 11) is 0. The van der Waals surface area contributed by atoms with Crippen molar-refractivity contribution in [1.29, 1.82) is 0 Å². The molecular weight excluding hydrogens is 888 g/mol. The summed E-state index contributed by atoms with van der Waals surface area (Å²) in [6.07, 6.45) is 20.0. The number of halogens is 4. The van der Waals surface area contributed by atoms with Gasteiger partial charge in [0.2, 0.25) is 11.8 Å². The predicted molar refractivity (Wildman–Crippen MR) is 250 cm³/mol. The second-order valence-corrected chi connectivity index (χ2v) is 15.1. The number of ketones is 2. The molecule has 0 unspecified atom stereocenters. The first-order valence-electron chi connectivity index (χ1n) is 20.8. The number of amides is 2. The van der Waals surface area contributed by atoms with Gasteiger partial charge < -0.3 is 9.80 Å². The van der Waals surface area contributed by atoms with E-state index in [1.807, 2.05) is 64.1 Å². The molecule has 0 aromatic heterocycles. The Morgan fingerprint density at radius 3 is 0.985 bits per heavy atom. The second kappa shape index (κ2) is 26.2. The fourth-order valence-corrected chi connectivity index (χ4v) is 6.15. The van der Waals surface area contributed by atoms with Crippen LogP contribution in [0.2, 0.25) is 0 Å². The van der Waals surface area contributed by atoms with Crippen LogP contribution in [0.1, 0.15) is 76.5 Å². The number of hydrogen-bond acceptors (Lipinski definition) is 4. The Bertz CT molecular complexity index is 2540. The van der Waals surface area contributed by atoms with Gasteiger partial charge in [0.15, 0.2) is 11.6 Å². The maximum absolute atomic E-state index is 14.3. The van der Waals surface area contributed by atoms with E-state index in [0.29, 0.717) is 22.3 Å². The van der Waals surface area contributed by atoms with Gasteiger partial charge in [0.1, 0.15) is 0 Å². The average Bonchev–Trinajstić information content (AvgIpc) is 4.10. The van der Waals surface area contributed by atoms with Crippen LogP contribution in [0, 0.1) is 75.2 Å². The molecule has 2 aliphatic carbocycles. The molecule has 2 amide bonds. The quantitative estimate of drug-likeness (QED) is 0.0594. The molecule has 0 aliphatic heterocycles. The molecule has 6 aromatic rings. The Balaban J connectivity index is 0.000000238. The van der Waals surface area contributed by atoms with E-state index in [1.54, 1.807) is 97.1 Å². The number of hydrogen-bond donors (Lipinski definition) is 0. The number of aryl methyl sites for hydroxylation is 4. The minimum absolute atomic E-state index is 0. The van der Waals surface area contributed by atoms with E-state index in [4.69, 9.17) is 0 Å². The van der Waals surface area contributed by atoms with Gasteiger partial charge in [-0.15, -0.1) is 49.2 Å². The Morgan fingerprint density at radius 1 is 0.448 bits per heavy atom. The van der Waals surface area contributed by atoms with Crippen molar-refractivity contribution in [1.82, 2.24) is 0 Å². The average molecular weight is 935 g/mol. The van der Waals surface area contributed by atoms with Gasteiger partial charge in [0.05, 0.1) is 13.1 Å². The number of benzene rings is 6. The molecule has 2 aliphatic rings. The third kappa shape index (κ3) is 16.1. The normalized spacial score (nSPS) is 11.5. The summed E-state index contributed by atoms with van der Waals surface area (Å²) in [5.41, 5.74) is 4.89. The van der Waals surface area contributed by atoms with E-state index < -0.39 is 35.1 Å². The van der Waals surface area contributed by atoms with E-state index in [9.17, 15) is 36.7 Å². The van der Waals surface area contributed by atoms with Gasteiger partial charge in [0.25, 0.3) is 0 Å². The third-order valence-corrected chi connectivity index (χ3v) is 9.87. The number of Topliss-reactive ketones (excluding diaryl/α,β-unsaturated/α-hetero) is 2. The molecular formula is C56H46F4N2O4Ti. The summed E-state index contributed by atoms with van der Waals surface area (Å²) < 4.78 is 55.2. The number of anilines is 2. The number of rotatable bonds is 10. The molecule has 0 N–H and O–H groups in total. The van der Waals surface area contributed by atoms with Gasteiger partial charge in [-0.25, -0.2) is 41.9 Å². The molecule has 0 saturated heterocycles. The summed E-state index contributed by atoms with van der Waals surface area (Å²) in [4.78, 5) is 53.5. The summed E-state index contributed by atoms with van der Waals surface area (Å²) in [6, 6.07) is 35.3. The van der Waals surface area contributed by atoms with Crippen molar-refractivity contribution in [3.63, 3.8) is 0 Å². The number of nitrogens with zero attached hydrogens (tertiary/aromatic N) is 2. The van der Waals surface area contributed by atoms with Crippen molar-refractivity contribution in [3.8, 4) is 0 Å². The van der Waals surface area contributed by atoms with Gasteiger partial charge in [-0.3, -0.25) is 31.3 Å².